The Kier molecular flexibility index (Phi) is 7.55. The molecule has 192 valence electrons. The van der Waals surface area contributed by atoms with E-state index < -0.39 is 23.5 Å². The van der Waals surface area contributed by atoms with Crippen molar-refractivity contribution in [3.05, 3.63) is 93.8 Å². The van der Waals surface area contributed by atoms with E-state index in [0.717, 1.165) is 5.56 Å². The van der Waals surface area contributed by atoms with Crippen LogP contribution in [0.4, 0.5) is 10.1 Å². The highest BCUT2D eigenvalue weighted by molar-refractivity contribution is 6.51. The van der Waals surface area contributed by atoms with Gasteiger partial charge >= 0.3 is 0 Å². The van der Waals surface area contributed by atoms with Gasteiger partial charge in [0.05, 0.1) is 30.4 Å². The summed E-state index contributed by atoms with van der Waals surface area (Å²) in [4.78, 5) is 28.0. The quantitative estimate of drug-likeness (QED) is 0.213. The number of rotatable bonds is 7. The summed E-state index contributed by atoms with van der Waals surface area (Å²) in [6, 6.07) is 14.3. The lowest BCUT2D eigenvalue weighted by Crippen LogP contribution is -2.29. The van der Waals surface area contributed by atoms with Gasteiger partial charge in [-0.3, -0.25) is 14.5 Å². The fraction of sp³-hybridized carbons (Fsp3) is 0.241. The minimum atomic E-state index is -1.01. The molecule has 0 saturated carbocycles. The maximum Gasteiger partial charge on any atom is 0.300 e. The van der Waals surface area contributed by atoms with E-state index in [4.69, 9.17) is 21.1 Å². The van der Waals surface area contributed by atoms with Crippen molar-refractivity contribution in [1.29, 1.82) is 0 Å². The van der Waals surface area contributed by atoms with Crippen molar-refractivity contribution in [2.24, 2.45) is 0 Å². The Morgan fingerprint density at radius 2 is 1.73 bits per heavy atom. The Hall–Kier alpha value is -3.84. The van der Waals surface area contributed by atoms with Crippen molar-refractivity contribution in [1.82, 2.24) is 0 Å². The summed E-state index contributed by atoms with van der Waals surface area (Å²) in [5.74, 6) is -1.36. The van der Waals surface area contributed by atoms with Crippen LogP contribution in [-0.2, 0) is 9.59 Å². The van der Waals surface area contributed by atoms with E-state index in [1.54, 1.807) is 30.3 Å². The molecule has 4 rings (SSSR count). The maximum atomic E-state index is 13.8. The van der Waals surface area contributed by atoms with Crippen LogP contribution in [0.1, 0.15) is 49.4 Å². The zero-order chi connectivity index (χ0) is 26.9. The molecule has 6 nitrogen and oxygen atoms in total. The molecule has 0 spiro atoms. The number of anilines is 1. The summed E-state index contributed by atoms with van der Waals surface area (Å²) in [7, 11) is 1.47. The third kappa shape index (κ3) is 4.91. The van der Waals surface area contributed by atoms with Crippen LogP contribution in [0.15, 0.2) is 66.2 Å². The van der Waals surface area contributed by atoms with Gasteiger partial charge in [-0.25, -0.2) is 4.39 Å². The molecule has 0 aromatic heterocycles. The number of nitrogens with zero attached hydrogens (tertiary/aromatic N) is 1. The van der Waals surface area contributed by atoms with Crippen LogP contribution >= 0.6 is 11.6 Å². The lowest BCUT2D eigenvalue weighted by atomic mass is 9.93. The number of ether oxygens (including phenoxy) is 2. The Labute approximate surface area is 219 Å². The average molecular weight is 524 g/mol. The smallest absolute Gasteiger partial charge is 0.300 e. The predicted molar refractivity (Wildman–Crippen MR) is 141 cm³/mol. The molecular weight excluding hydrogens is 497 g/mol. The van der Waals surface area contributed by atoms with Gasteiger partial charge in [0.1, 0.15) is 23.1 Å². The third-order valence-electron chi connectivity index (χ3n) is 6.25. The van der Waals surface area contributed by atoms with E-state index in [0.29, 0.717) is 34.9 Å². The molecule has 1 aliphatic rings. The zero-order valence-corrected chi connectivity index (χ0v) is 21.7. The van der Waals surface area contributed by atoms with E-state index in [-0.39, 0.29) is 22.3 Å². The van der Waals surface area contributed by atoms with Crippen molar-refractivity contribution in [3.8, 4) is 11.5 Å². The minimum Gasteiger partial charge on any atom is -0.507 e. The Bertz CT molecular complexity index is 1380. The highest BCUT2D eigenvalue weighted by atomic mass is 35.5. The van der Waals surface area contributed by atoms with Gasteiger partial charge in [0.2, 0.25) is 0 Å². The second-order valence-electron chi connectivity index (χ2n) is 8.88. The fourth-order valence-corrected chi connectivity index (χ4v) is 4.71. The van der Waals surface area contributed by atoms with Crippen LogP contribution < -0.4 is 14.4 Å². The molecule has 3 aromatic rings. The van der Waals surface area contributed by atoms with E-state index in [1.165, 1.54) is 42.3 Å². The Morgan fingerprint density at radius 3 is 2.32 bits per heavy atom. The molecule has 1 heterocycles. The topological polar surface area (TPSA) is 76.1 Å². The summed E-state index contributed by atoms with van der Waals surface area (Å²) in [5.41, 5.74) is 1.88. The number of carbonyl (C=O) groups excluding carboxylic acids is 2. The van der Waals surface area contributed by atoms with E-state index in [2.05, 4.69) is 0 Å². The number of halogens is 2. The molecule has 1 amide bonds. The van der Waals surface area contributed by atoms with Crippen LogP contribution in [0, 0.1) is 5.82 Å². The summed E-state index contributed by atoms with van der Waals surface area (Å²) >= 11 is 6.32. The number of methoxy groups -OCH3 is 1. The number of Topliss-reactive ketones (excluding diaryl/α,β-unsaturated/α-hetero) is 1. The zero-order valence-electron chi connectivity index (χ0n) is 20.9. The normalized spacial score (nSPS) is 16.9. The first-order chi connectivity index (χ1) is 17.7. The number of amides is 1. The van der Waals surface area contributed by atoms with Gasteiger partial charge in [0.15, 0.2) is 0 Å². The molecule has 1 aliphatic heterocycles. The predicted octanol–water partition coefficient (Wildman–Crippen LogP) is 6.64. The number of aliphatic hydroxyl groups is 1. The van der Waals surface area contributed by atoms with Crippen LogP contribution in [0.5, 0.6) is 11.5 Å². The first-order valence-electron chi connectivity index (χ1n) is 11.8. The van der Waals surface area contributed by atoms with Crippen molar-refractivity contribution >= 4 is 34.7 Å². The first-order valence-corrected chi connectivity index (χ1v) is 12.2. The molecular formula is C29H27ClFNO5. The van der Waals surface area contributed by atoms with Gasteiger partial charge in [0, 0.05) is 11.3 Å². The lowest BCUT2D eigenvalue weighted by Gasteiger charge is -2.26. The summed E-state index contributed by atoms with van der Waals surface area (Å²) in [6.45, 7) is 6.35. The second kappa shape index (κ2) is 10.6. The van der Waals surface area contributed by atoms with Gasteiger partial charge in [-0.2, -0.15) is 0 Å². The average Bonchev–Trinajstić information content (AvgIpc) is 3.14. The highest BCUT2D eigenvalue weighted by Crippen LogP contribution is 2.44. The molecule has 1 N–H and O–H groups in total. The first kappa shape index (κ1) is 26.2. The molecule has 37 heavy (non-hydrogen) atoms. The number of ketones is 1. The third-order valence-corrected chi connectivity index (χ3v) is 6.54. The van der Waals surface area contributed by atoms with E-state index in [1.807, 2.05) is 20.8 Å². The van der Waals surface area contributed by atoms with Crippen LogP contribution in [0.3, 0.4) is 0 Å². The number of carbonyl (C=O) groups is 2. The van der Waals surface area contributed by atoms with Crippen molar-refractivity contribution in [2.45, 2.75) is 32.7 Å². The summed E-state index contributed by atoms with van der Waals surface area (Å²) in [6.07, 6.45) is 0. The van der Waals surface area contributed by atoms with Crippen LogP contribution in [0.25, 0.3) is 5.76 Å². The Morgan fingerprint density at radius 1 is 1.05 bits per heavy atom. The lowest BCUT2D eigenvalue weighted by molar-refractivity contribution is -0.132. The molecule has 1 unspecified atom stereocenters. The second-order valence-corrected chi connectivity index (χ2v) is 9.29. The standard InChI is InChI=1S/C29H27ClFNO5/c1-5-37-23-12-8-18(14-21(23)16(2)3)27(33)25-26(17-6-9-19(31)10-7-17)32(29(35)28(25)34)20-11-13-24(36-4)22(30)15-20/h6-16,26,33H,5H2,1-4H3/b27-25-. The van der Waals surface area contributed by atoms with Gasteiger partial charge in [-0.15, -0.1) is 0 Å². The van der Waals surface area contributed by atoms with Gasteiger partial charge in [-0.05, 0) is 72.5 Å². The highest BCUT2D eigenvalue weighted by Gasteiger charge is 2.47. The molecule has 0 aliphatic carbocycles. The summed E-state index contributed by atoms with van der Waals surface area (Å²) in [5, 5.41) is 11.7. The van der Waals surface area contributed by atoms with E-state index >= 15 is 0 Å². The van der Waals surface area contributed by atoms with Crippen molar-refractivity contribution < 1.29 is 28.6 Å². The molecule has 0 bridgehead atoms. The van der Waals surface area contributed by atoms with E-state index in [9.17, 15) is 19.1 Å². The number of hydrogen-bond acceptors (Lipinski definition) is 5. The van der Waals surface area contributed by atoms with Crippen molar-refractivity contribution in [2.75, 3.05) is 18.6 Å². The number of benzene rings is 3. The molecule has 3 aromatic carbocycles. The van der Waals surface area contributed by atoms with Crippen molar-refractivity contribution in [3.63, 3.8) is 0 Å². The fourth-order valence-electron chi connectivity index (χ4n) is 4.45. The monoisotopic (exact) mass is 523 g/mol. The largest absolute Gasteiger partial charge is 0.507 e. The van der Waals surface area contributed by atoms with Gasteiger partial charge < -0.3 is 14.6 Å². The molecule has 1 saturated heterocycles. The van der Waals surface area contributed by atoms with Gasteiger partial charge in [-0.1, -0.05) is 37.6 Å². The van der Waals surface area contributed by atoms with Gasteiger partial charge in [0.25, 0.3) is 11.7 Å². The molecule has 1 fully saturated rings. The number of aliphatic hydroxyl groups excluding tert-OH is 1. The SMILES string of the molecule is CCOc1ccc(/C(O)=C2/C(=O)C(=O)N(c3ccc(OC)c(Cl)c3)C2c2ccc(F)cc2)cc1C(C)C. The number of hydrogen-bond donors (Lipinski definition) is 1. The maximum absolute atomic E-state index is 13.8. The molecule has 0 radical (unpaired) electrons. The summed E-state index contributed by atoms with van der Waals surface area (Å²) < 4.78 is 24.7. The molecule has 8 heteroatoms. The minimum absolute atomic E-state index is 0.0750. The Balaban J connectivity index is 1.93. The van der Waals surface area contributed by atoms with Crippen LogP contribution in [0.2, 0.25) is 5.02 Å². The molecule has 1 atom stereocenters. The van der Waals surface area contributed by atoms with Crippen LogP contribution in [-0.4, -0.2) is 30.5 Å².